The molecule has 17 heteroatoms. The summed E-state index contributed by atoms with van der Waals surface area (Å²) in [7, 11) is -4.97. The molecule has 3 rings (SSSR count). The number of ether oxygens (including phenoxy) is 3. The molecule has 0 radical (unpaired) electrons. The van der Waals surface area contributed by atoms with Gasteiger partial charge in [0.1, 0.15) is 59.0 Å². The van der Waals surface area contributed by atoms with Crippen molar-refractivity contribution in [3.63, 3.8) is 0 Å². The Labute approximate surface area is 215 Å². The maximum Gasteiger partial charge on any atom is 0.466 e. The molecule has 37 heavy (non-hydrogen) atoms. The fraction of sp³-hybridized carbons (Fsp3) is 0.650. The molecule has 0 spiro atoms. The van der Waals surface area contributed by atoms with E-state index in [9.17, 15) is 44.2 Å². The van der Waals surface area contributed by atoms with Crippen molar-refractivity contribution in [3.8, 4) is 5.75 Å². The highest BCUT2D eigenvalue weighted by Gasteiger charge is 2.45. The summed E-state index contributed by atoms with van der Waals surface area (Å²) in [6.45, 7) is 0.827. The molecule has 15 nitrogen and oxygen atoms in total. The molecule has 0 amide bonds. The third kappa shape index (κ3) is 7.71. The molecule has 0 bridgehead atoms. The van der Waals surface area contributed by atoms with Gasteiger partial charge in [-0.15, -0.1) is 0 Å². The average Bonchev–Trinajstić information content (AvgIpc) is 2.85. The summed E-state index contributed by atoms with van der Waals surface area (Å²) >= 11 is 0.627. The summed E-state index contributed by atoms with van der Waals surface area (Å²) in [4.78, 5) is 0. The zero-order chi connectivity index (χ0) is 27.5. The fourth-order valence-corrected chi connectivity index (χ4v) is 4.92. The largest absolute Gasteiger partial charge is 0.466 e. The normalized spacial score (nSPS) is 37.3. The van der Waals surface area contributed by atoms with Crippen molar-refractivity contribution in [2.45, 2.75) is 73.9 Å². The van der Waals surface area contributed by atoms with E-state index in [0.717, 1.165) is 0 Å². The molecule has 2 fully saturated rings. The van der Waals surface area contributed by atoms with Crippen LogP contribution in [0.2, 0.25) is 0 Å². The van der Waals surface area contributed by atoms with Gasteiger partial charge in [0, 0.05) is 6.42 Å². The molecule has 0 aromatic heterocycles. The van der Waals surface area contributed by atoms with E-state index in [2.05, 4.69) is 9.44 Å². The molecule has 8 N–H and O–H groups in total. The van der Waals surface area contributed by atoms with Gasteiger partial charge in [0.05, 0.1) is 12.7 Å². The van der Waals surface area contributed by atoms with Gasteiger partial charge in [0.2, 0.25) is 6.29 Å². The number of nitrogens with zero attached hydrogens (tertiary/aromatic N) is 1. The van der Waals surface area contributed by atoms with Crippen LogP contribution in [-0.4, -0.2) is 121 Å². The second-order valence-electron chi connectivity index (χ2n) is 8.42. The molecule has 2 aliphatic rings. The summed E-state index contributed by atoms with van der Waals surface area (Å²) in [5, 5.41) is 72.5. The van der Waals surface area contributed by atoms with Crippen molar-refractivity contribution < 1.29 is 67.2 Å². The number of oxime groups is 1. The lowest BCUT2D eigenvalue weighted by Gasteiger charge is -2.39. The molecular weight excluding hydrogens is 542 g/mol. The third-order valence-corrected chi connectivity index (χ3v) is 7.05. The van der Waals surface area contributed by atoms with Crippen LogP contribution in [0.3, 0.4) is 0 Å². The summed E-state index contributed by atoms with van der Waals surface area (Å²) < 4.78 is 51.3. The first-order chi connectivity index (χ1) is 17.3. The van der Waals surface area contributed by atoms with Crippen LogP contribution in [0.1, 0.15) is 12.5 Å². The zero-order valence-corrected chi connectivity index (χ0v) is 20.9. The highest BCUT2D eigenvalue weighted by atomic mass is 32.3. The van der Waals surface area contributed by atoms with E-state index in [1.54, 1.807) is 0 Å². The van der Waals surface area contributed by atoms with Gasteiger partial charge in [-0.05, 0) is 24.6 Å². The first-order valence-electron chi connectivity index (χ1n) is 11.0. The van der Waals surface area contributed by atoms with E-state index in [1.807, 2.05) is 0 Å². The van der Waals surface area contributed by atoms with Gasteiger partial charge >= 0.3 is 10.4 Å². The van der Waals surface area contributed by atoms with Crippen molar-refractivity contribution >= 4 is 27.2 Å². The predicted molar refractivity (Wildman–Crippen MR) is 125 cm³/mol. The van der Waals surface area contributed by atoms with E-state index in [-0.39, 0.29) is 17.2 Å². The van der Waals surface area contributed by atoms with Gasteiger partial charge in [-0.1, -0.05) is 29.1 Å². The first kappa shape index (κ1) is 29.9. The second-order valence-corrected chi connectivity index (χ2v) is 10.6. The van der Waals surface area contributed by atoms with E-state index < -0.39 is 77.6 Å². The fourth-order valence-electron chi connectivity index (χ4n) is 3.59. The van der Waals surface area contributed by atoms with E-state index >= 15 is 0 Å². The SMILES string of the molecule is C[C@H]1O[C@H](Oc2ccc(CC(=NOS(=O)(=O)O)S[C@@H]3O[C@H](CO)[C@@H](O)[C@H](O)[C@H]3O)cc2)[C@@H](O)[C@@H](O)[C@@H]1O. The minimum atomic E-state index is -4.97. The molecule has 0 aliphatic carbocycles. The topological polar surface area (TPSA) is 245 Å². The molecule has 0 unspecified atom stereocenters. The van der Waals surface area contributed by atoms with Gasteiger partial charge in [-0.3, -0.25) is 4.55 Å². The van der Waals surface area contributed by atoms with Gasteiger partial charge in [0.15, 0.2) is 0 Å². The number of hydrogen-bond donors (Lipinski definition) is 8. The lowest BCUT2D eigenvalue weighted by Crippen LogP contribution is -2.58. The lowest BCUT2D eigenvalue weighted by molar-refractivity contribution is -0.268. The van der Waals surface area contributed by atoms with Crippen molar-refractivity contribution in [2.75, 3.05) is 6.61 Å². The molecule has 10 atom stereocenters. The number of aliphatic hydroxyl groups excluding tert-OH is 7. The van der Waals surface area contributed by atoms with E-state index in [0.29, 0.717) is 17.3 Å². The Morgan fingerprint density at radius 1 is 0.946 bits per heavy atom. The van der Waals surface area contributed by atoms with Crippen LogP contribution in [-0.2, 0) is 30.6 Å². The molecule has 2 aliphatic heterocycles. The molecular formula is C20H29NO14S2. The van der Waals surface area contributed by atoms with Gasteiger partial charge in [-0.25, -0.2) is 4.28 Å². The molecule has 210 valence electrons. The molecule has 2 saturated heterocycles. The van der Waals surface area contributed by atoms with Crippen LogP contribution in [0.15, 0.2) is 29.4 Å². The predicted octanol–water partition coefficient (Wildman–Crippen LogP) is -2.90. The van der Waals surface area contributed by atoms with Crippen LogP contribution < -0.4 is 4.74 Å². The molecule has 0 saturated carbocycles. The van der Waals surface area contributed by atoms with Crippen LogP contribution in [0.5, 0.6) is 5.75 Å². The van der Waals surface area contributed by atoms with Crippen LogP contribution in [0.4, 0.5) is 0 Å². The molecule has 1 aromatic carbocycles. The zero-order valence-electron chi connectivity index (χ0n) is 19.3. The Kier molecular flexibility index (Phi) is 10.1. The van der Waals surface area contributed by atoms with Gasteiger partial charge in [-0.2, -0.15) is 8.42 Å². The minimum absolute atomic E-state index is 0.125. The van der Waals surface area contributed by atoms with Crippen molar-refractivity contribution in [1.29, 1.82) is 0 Å². The summed E-state index contributed by atoms with van der Waals surface area (Å²) in [6, 6.07) is 5.98. The number of thioether (sulfide) groups is 1. The van der Waals surface area contributed by atoms with Crippen molar-refractivity contribution in [2.24, 2.45) is 5.16 Å². The molecule has 2 heterocycles. The standard InChI is InChI=1S/C20H29NO14S2/c1-8-13(23)15(25)17(27)19(32-8)33-10-4-2-9(3-5-10)6-12(21-35-37(29,30)31)36-20-18(28)16(26)14(24)11(7-22)34-20/h2-5,8,11,13-20,22-28H,6-7H2,1H3,(H,29,30,31)/t8-,11-,13-,14-,15+,16+,17+,18-,19-,20+/m1/s1. The Bertz CT molecular complexity index is 1020. The lowest BCUT2D eigenvalue weighted by atomic mass is 10.00. The average molecular weight is 572 g/mol. The monoisotopic (exact) mass is 571 g/mol. The first-order valence-corrected chi connectivity index (χ1v) is 13.2. The van der Waals surface area contributed by atoms with Gasteiger partial charge in [0.25, 0.3) is 0 Å². The highest BCUT2D eigenvalue weighted by Crippen LogP contribution is 2.31. The number of benzene rings is 1. The van der Waals surface area contributed by atoms with Crippen molar-refractivity contribution in [3.05, 3.63) is 29.8 Å². The number of hydrogen-bond acceptors (Lipinski definition) is 15. The number of rotatable bonds is 8. The highest BCUT2D eigenvalue weighted by molar-refractivity contribution is 8.14. The van der Waals surface area contributed by atoms with Crippen LogP contribution in [0, 0.1) is 0 Å². The number of aliphatic hydroxyl groups is 7. The van der Waals surface area contributed by atoms with Crippen LogP contribution in [0.25, 0.3) is 0 Å². The molecule has 1 aromatic rings. The smallest absolute Gasteiger partial charge is 0.462 e. The minimum Gasteiger partial charge on any atom is -0.462 e. The summed E-state index contributed by atoms with van der Waals surface area (Å²) in [6.07, 6.45) is -12.6. The second kappa shape index (κ2) is 12.5. The quantitative estimate of drug-likeness (QED) is 0.0675. The summed E-state index contributed by atoms with van der Waals surface area (Å²) in [5.41, 5.74) is -0.799. The van der Waals surface area contributed by atoms with Crippen molar-refractivity contribution in [1.82, 2.24) is 0 Å². The van der Waals surface area contributed by atoms with Crippen LogP contribution >= 0.6 is 11.8 Å². The summed E-state index contributed by atoms with van der Waals surface area (Å²) in [5.74, 6) is 0.220. The van der Waals surface area contributed by atoms with E-state index in [4.69, 9.17) is 18.8 Å². The van der Waals surface area contributed by atoms with Gasteiger partial charge < -0.3 is 50.0 Å². The Morgan fingerprint density at radius 3 is 2.16 bits per heavy atom. The Balaban J connectivity index is 1.72. The Morgan fingerprint density at radius 2 is 1.57 bits per heavy atom. The maximum absolute atomic E-state index is 11.0. The van der Waals surface area contributed by atoms with E-state index in [1.165, 1.54) is 31.2 Å². The Hall–Kier alpha value is -1.61. The third-order valence-electron chi connectivity index (χ3n) is 5.67. The maximum atomic E-state index is 11.0.